The molecule has 2 fully saturated rings. The minimum absolute atomic E-state index is 0.780. The fourth-order valence-electron chi connectivity index (χ4n) is 3.80. The van der Waals surface area contributed by atoms with Crippen LogP contribution in [0.3, 0.4) is 0 Å². The lowest BCUT2D eigenvalue weighted by molar-refractivity contribution is -0.726. The second kappa shape index (κ2) is 5.86. The monoisotopic (exact) mass is 244 g/mol. The highest BCUT2D eigenvalue weighted by Crippen LogP contribution is 2.32. The summed E-state index contributed by atoms with van der Waals surface area (Å²) < 4.78 is 2.52. The van der Waals surface area contributed by atoms with Crippen molar-refractivity contribution in [2.24, 2.45) is 0 Å². The Balaban J connectivity index is 1.75. The maximum Gasteiger partial charge on any atom is 0.172 e. The number of hydrogen-bond donors (Lipinski definition) is 0. The van der Waals surface area contributed by atoms with E-state index in [4.69, 9.17) is 0 Å². The molecule has 1 heterocycles. The molecule has 1 aromatic rings. The van der Waals surface area contributed by atoms with Crippen molar-refractivity contribution in [1.29, 1.82) is 0 Å². The molecular weight excluding hydrogens is 218 g/mol. The summed E-state index contributed by atoms with van der Waals surface area (Å²) >= 11 is 0. The summed E-state index contributed by atoms with van der Waals surface area (Å²) in [5.74, 6) is 0.842. The molecule has 2 aliphatic carbocycles. The van der Waals surface area contributed by atoms with Gasteiger partial charge in [-0.05, 0) is 37.7 Å². The predicted octanol–water partition coefficient (Wildman–Crippen LogP) is 4.53. The van der Waals surface area contributed by atoms with Gasteiger partial charge in [-0.3, -0.25) is 0 Å². The molecule has 0 atom stereocenters. The third-order valence-electron chi connectivity index (χ3n) is 4.92. The molecule has 0 aromatic carbocycles. The van der Waals surface area contributed by atoms with Crippen LogP contribution in [0, 0.1) is 0 Å². The molecule has 2 saturated carbocycles. The minimum Gasteiger partial charge on any atom is -0.202 e. The zero-order chi connectivity index (χ0) is 12.2. The van der Waals surface area contributed by atoms with E-state index in [1.165, 1.54) is 64.2 Å². The zero-order valence-electron chi connectivity index (χ0n) is 11.5. The van der Waals surface area contributed by atoms with Gasteiger partial charge in [0, 0.05) is 24.5 Å². The van der Waals surface area contributed by atoms with Crippen molar-refractivity contribution < 1.29 is 4.57 Å². The third-order valence-corrected chi connectivity index (χ3v) is 4.92. The molecule has 98 valence electrons. The van der Waals surface area contributed by atoms with Crippen LogP contribution < -0.4 is 4.57 Å². The van der Waals surface area contributed by atoms with E-state index < -0.39 is 0 Å². The maximum atomic E-state index is 2.52. The van der Waals surface area contributed by atoms with Crippen molar-refractivity contribution in [2.75, 3.05) is 0 Å². The summed E-state index contributed by atoms with van der Waals surface area (Å²) in [6, 6.07) is 5.41. The standard InChI is InChI=1S/C17H26N/c1-3-8-15(9-4-1)16-10-7-13-18(14-16)17-11-5-2-6-12-17/h7,10,13-15,17H,1-6,8-9,11-12H2/q+1. The van der Waals surface area contributed by atoms with E-state index in [0.29, 0.717) is 0 Å². The van der Waals surface area contributed by atoms with Crippen molar-refractivity contribution in [1.82, 2.24) is 0 Å². The van der Waals surface area contributed by atoms with Crippen LogP contribution in [0.4, 0.5) is 0 Å². The van der Waals surface area contributed by atoms with E-state index in [-0.39, 0.29) is 0 Å². The van der Waals surface area contributed by atoms with Crippen molar-refractivity contribution in [3.8, 4) is 0 Å². The lowest BCUT2D eigenvalue weighted by Gasteiger charge is -2.22. The third kappa shape index (κ3) is 2.76. The van der Waals surface area contributed by atoms with E-state index >= 15 is 0 Å². The van der Waals surface area contributed by atoms with Crippen LogP contribution in [0.5, 0.6) is 0 Å². The molecule has 0 amide bonds. The van der Waals surface area contributed by atoms with E-state index in [2.05, 4.69) is 29.1 Å². The molecule has 0 radical (unpaired) electrons. The maximum absolute atomic E-state index is 2.52. The summed E-state index contributed by atoms with van der Waals surface area (Å²) in [5.41, 5.74) is 1.60. The van der Waals surface area contributed by atoms with Crippen LogP contribution in [0.25, 0.3) is 0 Å². The Morgan fingerprint density at radius 2 is 1.50 bits per heavy atom. The molecule has 2 aliphatic rings. The van der Waals surface area contributed by atoms with Crippen molar-refractivity contribution in [3.05, 3.63) is 30.1 Å². The van der Waals surface area contributed by atoms with Crippen LogP contribution in [-0.2, 0) is 0 Å². The summed E-state index contributed by atoms with van der Waals surface area (Å²) in [6.45, 7) is 0. The van der Waals surface area contributed by atoms with E-state index in [0.717, 1.165) is 12.0 Å². The molecule has 1 aromatic heterocycles. The van der Waals surface area contributed by atoms with E-state index in [9.17, 15) is 0 Å². The molecule has 0 saturated heterocycles. The van der Waals surface area contributed by atoms with Crippen LogP contribution in [0.2, 0.25) is 0 Å². The number of nitrogens with zero attached hydrogens (tertiary/aromatic N) is 1. The van der Waals surface area contributed by atoms with Gasteiger partial charge in [0.25, 0.3) is 0 Å². The molecule has 1 nitrogen and oxygen atoms in total. The van der Waals surface area contributed by atoms with Crippen LogP contribution in [0.15, 0.2) is 24.5 Å². The Labute approximate surface area is 111 Å². The largest absolute Gasteiger partial charge is 0.202 e. The second-order valence-electron chi connectivity index (χ2n) is 6.21. The molecule has 18 heavy (non-hydrogen) atoms. The first-order valence-electron chi connectivity index (χ1n) is 7.94. The summed E-state index contributed by atoms with van der Waals surface area (Å²) in [7, 11) is 0. The lowest BCUT2D eigenvalue weighted by atomic mass is 9.84. The van der Waals surface area contributed by atoms with Gasteiger partial charge >= 0.3 is 0 Å². The van der Waals surface area contributed by atoms with E-state index in [1.807, 2.05) is 0 Å². The molecule has 0 bridgehead atoms. The summed E-state index contributed by atoms with van der Waals surface area (Å²) in [5, 5.41) is 0. The highest BCUT2D eigenvalue weighted by Gasteiger charge is 2.23. The van der Waals surface area contributed by atoms with Gasteiger partial charge in [0.1, 0.15) is 0 Å². The fraction of sp³-hybridized carbons (Fsp3) is 0.706. The molecule has 0 aliphatic heterocycles. The summed E-state index contributed by atoms with van der Waals surface area (Å²) in [4.78, 5) is 0. The average Bonchev–Trinajstić information content (AvgIpc) is 2.49. The van der Waals surface area contributed by atoms with E-state index in [1.54, 1.807) is 5.56 Å². The van der Waals surface area contributed by atoms with Gasteiger partial charge < -0.3 is 0 Å². The van der Waals surface area contributed by atoms with Crippen molar-refractivity contribution in [3.63, 3.8) is 0 Å². The SMILES string of the molecule is c1cc(C2CCCCC2)c[n+](C2CCCCC2)c1. The van der Waals surface area contributed by atoms with Crippen molar-refractivity contribution in [2.45, 2.75) is 76.2 Å². The van der Waals surface area contributed by atoms with Gasteiger partial charge in [-0.1, -0.05) is 25.7 Å². The lowest BCUT2D eigenvalue weighted by Crippen LogP contribution is -2.40. The number of aromatic nitrogens is 1. The Kier molecular flexibility index (Phi) is 3.97. The first-order valence-corrected chi connectivity index (χ1v) is 7.94. The van der Waals surface area contributed by atoms with Crippen LogP contribution in [-0.4, -0.2) is 0 Å². The van der Waals surface area contributed by atoms with Gasteiger partial charge in [-0.2, -0.15) is 0 Å². The first-order chi connectivity index (χ1) is 8.93. The van der Waals surface area contributed by atoms with Gasteiger partial charge in [0.15, 0.2) is 18.4 Å². The topological polar surface area (TPSA) is 3.88 Å². The van der Waals surface area contributed by atoms with Crippen LogP contribution in [0.1, 0.15) is 81.7 Å². The van der Waals surface area contributed by atoms with Gasteiger partial charge in [0.2, 0.25) is 0 Å². The highest BCUT2D eigenvalue weighted by atomic mass is 15.0. The second-order valence-corrected chi connectivity index (χ2v) is 6.21. The first kappa shape index (κ1) is 12.2. The predicted molar refractivity (Wildman–Crippen MR) is 74.6 cm³/mol. The Morgan fingerprint density at radius 1 is 0.833 bits per heavy atom. The Hall–Kier alpha value is -0.850. The zero-order valence-corrected chi connectivity index (χ0v) is 11.5. The molecule has 1 heteroatoms. The molecule has 0 spiro atoms. The smallest absolute Gasteiger partial charge is 0.172 e. The molecule has 0 unspecified atom stereocenters. The molecule has 3 rings (SSSR count). The molecule has 0 N–H and O–H groups in total. The molecular formula is C17H26N+. The highest BCUT2D eigenvalue weighted by molar-refractivity contribution is 5.12. The average molecular weight is 244 g/mol. The quantitative estimate of drug-likeness (QED) is 0.673. The van der Waals surface area contributed by atoms with Crippen molar-refractivity contribution >= 4 is 0 Å². The normalized spacial score (nSPS) is 23.1. The number of pyridine rings is 1. The number of hydrogen-bond acceptors (Lipinski definition) is 0. The van der Waals surface area contributed by atoms with Gasteiger partial charge in [-0.15, -0.1) is 0 Å². The van der Waals surface area contributed by atoms with Gasteiger partial charge in [0.05, 0.1) is 0 Å². The van der Waals surface area contributed by atoms with Crippen LogP contribution >= 0.6 is 0 Å². The fourth-order valence-corrected chi connectivity index (χ4v) is 3.80. The Bertz CT molecular complexity index is 340. The minimum atomic E-state index is 0.780. The number of rotatable bonds is 2. The Morgan fingerprint density at radius 3 is 2.22 bits per heavy atom. The van der Waals surface area contributed by atoms with Gasteiger partial charge in [-0.25, -0.2) is 4.57 Å². The summed E-state index contributed by atoms with van der Waals surface area (Å²) in [6.07, 6.45) is 19.0.